The zero-order chi connectivity index (χ0) is 21.9. The van der Waals surface area contributed by atoms with Gasteiger partial charge >= 0.3 is 0 Å². The van der Waals surface area contributed by atoms with Crippen LogP contribution in [0.1, 0.15) is 28.8 Å². The number of carbonyl (C=O) groups excluding carboxylic acids is 2. The average molecular weight is 429 g/mol. The van der Waals surface area contributed by atoms with Crippen molar-refractivity contribution in [1.82, 2.24) is 19.7 Å². The fourth-order valence-electron chi connectivity index (χ4n) is 4.85. The van der Waals surface area contributed by atoms with Crippen LogP contribution in [0.3, 0.4) is 0 Å². The number of fused-ring (bicyclic) bond motifs is 1. The summed E-state index contributed by atoms with van der Waals surface area (Å²) in [6.45, 7) is 4.25. The second-order valence-corrected chi connectivity index (χ2v) is 8.64. The van der Waals surface area contributed by atoms with Gasteiger partial charge in [-0.2, -0.15) is 0 Å². The fraction of sp³-hybridized carbons (Fsp3) is 0.346. The Kier molecular flexibility index (Phi) is 5.86. The van der Waals surface area contributed by atoms with Crippen LogP contribution in [0.2, 0.25) is 0 Å². The molecule has 5 rings (SSSR count). The van der Waals surface area contributed by atoms with Gasteiger partial charge in [0.2, 0.25) is 5.91 Å². The van der Waals surface area contributed by atoms with Gasteiger partial charge in [0.05, 0.1) is 11.6 Å². The first-order valence-electron chi connectivity index (χ1n) is 11.4. The first kappa shape index (κ1) is 20.6. The van der Waals surface area contributed by atoms with Crippen molar-refractivity contribution in [2.75, 3.05) is 32.7 Å². The number of rotatable bonds is 4. The number of pyridine rings is 1. The van der Waals surface area contributed by atoms with Crippen LogP contribution >= 0.6 is 0 Å². The molecule has 0 saturated carbocycles. The summed E-state index contributed by atoms with van der Waals surface area (Å²) in [5.74, 6) is 0.276. The van der Waals surface area contributed by atoms with E-state index >= 15 is 0 Å². The number of piperazine rings is 1. The van der Waals surface area contributed by atoms with Crippen LogP contribution in [-0.4, -0.2) is 70.3 Å². The molecule has 164 valence electrons. The van der Waals surface area contributed by atoms with Gasteiger partial charge in [0.15, 0.2) is 0 Å². The number of aromatic nitrogens is 1. The van der Waals surface area contributed by atoms with E-state index in [1.807, 2.05) is 58.3 Å². The van der Waals surface area contributed by atoms with Crippen molar-refractivity contribution in [3.05, 3.63) is 78.0 Å². The molecule has 2 amide bonds. The number of amides is 2. The summed E-state index contributed by atoms with van der Waals surface area (Å²) in [5, 5.41) is 0.975. The highest BCUT2D eigenvalue weighted by Gasteiger charge is 2.35. The van der Waals surface area contributed by atoms with Gasteiger partial charge in [0.1, 0.15) is 0 Å². The van der Waals surface area contributed by atoms with Crippen LogP contribution in [-0.2, 0) is 11.3 Å². The highest BCUT2D eigenvalue weighted by atomic mass is 16.2. The number of hydrogen-bond donors (Lipinski definition) is 0. The molecule has 0 aliphatic carbocycles. The molecule has 2 aliphatic rings. The zero-order valence-corrected chi connectivity index (χ0v) is 18.2. The van der Waals surface area contributed by atoms with Gasteiger partial charge in [-0.3, -0.25) is 19.5 Å². The molecule has 2 fully saturated rings. The van der Waals surface area contributed by atoms with Gasteiger partial charge in [-0.1, -0.05) is 36.4 Å². The minimum atomic E-state index is -0.0727. The van der Waals surface area contributed by atoms with E-state index in [1.165, 1.54) is 5.56 Å². The number of hydrogen-bond acceptors (Lipinski definition) is 4. The maximum absolute atomic E-state index is 13.2. The van der Waals surface area contributed by atoms with Crippen LogP contribution in [0.25, 0.3) is 10.9 Å². The number of benzene rings is 2. The van der Waals surface area contributed by atoms with Crippen LogP contribution in [0, 0.1) is 0 Å². The standard InChI is InChI=1S/C26H28N4O2/c31-25(22-10-11-23-21(18-22)8-4-12-27-23)29-16-14-28(15-17-29)24-9-5-13-30(26(24)32)19-20-6-2-1-3-7-20/h1-4,6-8,10-12,18,24H,5,9,13-17,19H2/t24-/m1/s1. The third-order valence-electron chi connectivity index (χ3n) is 6.61. The Morgan fingerprint density at radius 1 is 0.938 bits per heavy atom. The molecule has 2 saturated heterocycles. The average Bonchev–Trinajstić information content (AvgIpc) is 2.85. The van der Waals surface area contributed by atoms with Crippen molar-refractivity contribution in [3.8, 4) is 0 Å². The molecule has 2 aromatic carbocycles. The van der Waals surface area contributed by atoms with Crippen LogP contribution < -0.4 is 0 Å². The third kappa shape index (κ3) is 4.23. The minimum absolute atomic E-state index is 0.0519. The highest BCUT2D eigenvalue weighted by molar-refractivity contribution is 5.98. The van der Waals surface area contributed by atoms with E-state index in [9.17, 15) is 9.59 Å². The van der Waals surface area contributed by atoms with E-state index in [2.05, 4.69) is 22.0 Å². The monoisotopic (exact) mass is 428 g/mol. The van der Waals surface area contributed by atoms with Crippen molar-refractivity contribution < 1.29 is 9.59 Å². The first-order valence-corrected chi connectivity index (χ1v) is 11.4. The van der Waals surface area contributed by atoms with Crippen LogP contribution in [0.15, 0.2) is 66.9 Å². The van der Waals surface area contributed by atoms with Crippen molar-refractivity contribution >= 4 is 22.7 Å². The molecule has 32 heavy (non-hydrogen) atoms. The van der Waals surface area contributed by atoms with E-state index in [1.54, 1.807) is 6.20 Å². The molecular weight excluding hydrogens is 400 g/mol. The lowest BCUT2D eigenvalue weighted by Crippen LogP contribution is -2.58. The molecule has 0 bridgehead atoms. The predicted molar refractivity (Wildman–Crippen MR) is 124 cm³/mol. The maximum Gasteiger partial charge on any atom is 0.253 e. The maximum atomic E-state index is 13.2. The van der Waals surface area contributed by atoms with E-state index in [0.717, 1.165) is 43.4 Å². The Labute approximate surface area is 188 Å². The summed E-state index contributed by atoms with van der Waals surface area (Å²) in [4.78, 5) is 36.7. The Hall–Kier alpha value is -3.25. The summed E-state index contributed by atoms with van der Waals surface area (Å²) >= 11 is 0. The van der Waals surface area contributed by atoms with E-state index < -0.39 is 0 Å². The van der Waals surface area contributed by atoms with Gasteiger partial charge in [-0.15, -0.1) is 0 Å². The summed E-state index contributed by atoms with van der Waals surface area (Å²) in [7, 11) is 0. The minimum Gasteiger partial charge on any atom is -0.337 e. The molecule has 3 heterocycles. The number of nitrogens with zero attached hydrogens (tertiary/aromatic N) is 4. The molecular formula is C26H28N4O2. The highest BCUT2D eigenvalue weighted by Crippen LogP contribution is 2.22. The lowest BCUT2D eigenvalue weighted by atomic mass is 10.0. The molecule has 1 aromatic heterocycles. The molecule has 6 heteroatoms. The van der Waals surface area contributed by atoms with Crippen molar-refractivity contribution in [3.63, 3.8) is 0 Å². The molecule has 3 aromatic rings. The Balaban J connectivity index is 1.21. The molecule has 1 atom stereocenters. The van der Waals surface area contributed by atoms with E-state index in [0.29, 0.717) is 25.2 Å². The predicted octanol–water partition coefficient (Wildman–Crippen LogP) is 3.18. The van der Waals surface area contributed by atoms with Gasteiger partial charge in [-0.25, -0.2) is 0 Å². The Bertz CT molecular complexity index is 1110. The molecule has 0 radical (unpaired) electrons. The number of piperidine rings is 1. The molecule has 0 N–H and O–H groups in total. The fourth-order valence-corrected chi connectivity index (χ4v) is 4.85. The number of likely N-dealkylation sites (tertiary alicyclic amines) is 1. The molecule has 2 aliphatic heterocycles. The van der Waals surface area contributed by atoms with Crippen molar-refractivity contribution in [1.29, 1.82) is 0 Å². The van der Waals surface area contributed by atoms with E-state index in [-0.39, 0.29) is 17.9 Å². The van der Waals surface area contributed by atoms with Crippen molar-refractivity contribution in [2.45, 2.75) is 25.4 Å². The van der Waals surface area contributed by atoms with Gasteiger partial charge in [0.25, 0.3) is 5.91 Å². The summed E-state index contributed by atoms with van der Waals surface area (Å²) in [6, 6.07) is 19.7. The summed E-state index contributed by atoms with van der Waals surface area (Å²) in [5.41, 5.74) is 2.76. The second kappa shape index (κ2) is 9.09. The normalized spacial score (nSPS) is 20.0. The summed E-state index contributed by atoms with van der Waals surface area (Å²) in [6.07, 6.45) is 3.68. The lowest BCUT2D eigenvalue weighted by molar-refractivity contribution is -0.141. The van der Waals surface area contributed by atoms with Crippen molar-refractivity contribution in [2.24, 2.45) is 0 Å². The zero-order valence-electron chi connectivity index (χ0n) is 18.2. The Morgan fingerprint density at radius 2 is 1.75 bits per heavy atom. The second-order valence-electron chi connectivity index (χ2n) is 8.64. The summed E-state index contributed by atoms with van der Waals surface area (Å²) < 4.78 is 0. The van der Waals surface area contributed by atoms with Gasteiger partial charge < -0.3 is 9.80 Å². The van der Waals surface area contributed by atoms with Gasteiger partial charge in [-0.05, 0) is 42.7 Å². The number of carbonyl (C=O) groups is 2. The topological polar surface area (TPSA) is 56.8 Å². The smallest absolute Gasteiger partial charge is 0.253 e. The Morgan fingerprint density at radius 3 is 2.56 bits per heavy atom. The van der Waals surface area contributed by atoms with Crippen LogP contribution in [0.5, 0.6) is 0 Å². The first-order chi connectivity index (χ1) is 15.7. The lowest BCUT2D eigenvalue weighted by Gasteiger charge is -2.42. The van der Waals surface area contributed by atoms with Crippen LogP contribution in [0.4, 0.5) is 0 Å². The third-order valence-corrected chi connectivity index (χ3v) is 6.61. The largest absolute Gasteiger partial charge is 0.337 e. The molecule has 6 nitrogen and oxygen atoms in total. The van der Waals surface area contributed by atoms with E-state index in [4.69, 9.17) is 0 Å². The quantitative estimate of drug-likeness (QED) is 0.641. The van der Waals surface area contributed by atoms with Gasteiger partial charge in [0, 0.05) is 56.4 Å². The molecule has 0 unspecified atom stereocenters. The molecule has 0 spiro atoms. The SMILES string of the molecule is O=C(c1ccc2ncccc2c1)N1CCN([C@@H]2CCCN(Cc3ccccc3)C2=O)CC1.